The van der Waals surface area contributed by atoms with Crippen molar-refractivity contribution in [2.45, 2.75) is 83.7 Å². The van der Waals surface area contributed by atoms with E-state index < -0.39 is 0 Å². The Morgan fingerprint density at radius 3 is 2.48 bits per heavy atom. The van der Waals surface area contributed by atoms with E-state index in [0.717, 1.165) is 37.2 Å². The zero-order chi connectivity index (χ0) is 15.9. The minimum atomic E-state index is 0.253. The van der Waals surface area contributed by atoms with Crippen molar-refractivity contribution in [1.29, 1.82) is 0 Å². The molecule has 1 heterocycles. The van der Waals surface area contributed by atoms with Crippen molar-refractivity contribution >= 4 is 5.78 Å². The molecule has 128 valence electrons. The largest absolute Gasteiger partial charge is 0.374 e. The predicted octanol–water partition coefficient (Wildman–Crippen LogP) is 4.76. The first-order valence-electron chi connectivity index (χ1n) is 10.1. The maximum atomic E-state index is 12.0. The summed E-state index contributed by atoms with van der Waals surface area (Å²) in [6, 6.07) is 0. The van der Waals surface area contributed by atoms with Crippen LogP contribution in [0.25, 0.3) is 0 Å². The van der Waals surface area contributed by atoms with Gasteiger partial charge in [-0.25, -0.2) is 0 Å². The van der Waals surface area contributed by atoms with Crippen molar-refractivity contribution < 1.29 is 9.53 Å². The minimum Gasteiger partial charge on any atom is -0.374 e. The summed E-state index contributed by atoms with van der Waals surface area (Å²) in [6.07, 6.45) is 12.4. The molecular formula is C21H32O2. The molecule has 4 aliphatic carbocycles. The molecule has 2 nitrogen and oxygen atoms in total. The summed E-state index contributed by atoms with van der Waals surface area (Å²) in [4.78, 5) is 12.0. The molecule has 0 unspecified atom stereocenters. The van der Waals surface area contributed by atoms with Gasteiger partial charge in [-0.1, -0.05) is 13.8 Å². The van der Waals surface area contributed by atoms with Gasteiger partial charge < -0.3 is 4.74 Å². The molecule has 23 heavy (non-hydrogen) atoms. The maximum Gasteiger partial charge on any atom is 0.133 e. The summed E-state index contributed by atoms with van der Waals surface area (Å²) >= 11 is 0. The van der Waals surface area contributed by atoms with Gasteiger partial charge in [-0.15, -0.1) is 0 Å². The number of rotatable bonds is 0. The second-order valence-electron chi connectivity index (χ2n) is 9.99. The molecule has 7 atom stereocenters. The highest BCUT2D eigenvalue weighted by Crippen LogP contribution is 2.70. The summed E-state index contributed by atoms with van der Waals surface area (Å²) in [7, 11) is 0. The van der Waals surface area contributed by atoms with Gasteiger partial charge in [0, 0.05) is 19.3 Å². The summed E-state index contributed by atoms with van der Waals surface area (Å²) in [6.45, 7) is 6.12. The molecule has 0 aromatic carbocycles. The van der Waals surface area contributed by atoms with Crippen LogP contribution in [0.5, 0.6) is 0 Å². The van der Waals surface area contributed by atoms with E-state index in [9.17, 15) is 4.79 Å². The Hall–Kier alpha value is -0.370. The Morgan fingerprint density at radius 2 is 1.74 bits per heavy atom. The third kappa shape index (κ3) is 1.72. The molecule has 5 aliphatic rings. The van der Waals surface area contributed by atoms with Gasteiger partial charge in [0.15, 0.2) is 0 Å². The zero-order valence-corrected chi connectivity index (χ0v) is 14.9. The number of fused-ring (bicyclic) bond motifs is 6. The third-order valence-electron chi connectivity index (χ3n) is 9.66. The molecule has 5 fully saturated rings. The van der Waals surface area contributed by atoms with Gasteiger partial charge in [-0.3, -0.25) is 4.79 Å². The molecule has 0 aromatic heterocycles. The third-order valence-corrected chi connectivity index (χ3v) is 9.66. The highest BCUT2D eigenvalue weighted by atomic mass is 16.5. The molecule has 0 N–H and O–H groups in total. The SMILES string of the molecule is C[C@]12CCC(=O)C[C@@H]1CC[C@@H]1[C@H]2CC[C@@]2(C)[C@@H]1CC[C@@]21CCO1. The molecule has 1 aliphatic heterocycles. The monoisotopic (exact) mass is 316 g/mol. The van der Waals surface area contributed by atoms with E-state index in [1.807, 2.05) is 0 Å². The van der Waals surface area contributed by atoms with Gasteiger partial charge in [0.2, 0.25) is 0 Å². The quantitative estimate of drug-likeness (QED) is 0.644. The van der Waals surface area contributed by atoms with E-state index in [1.54, 1.807) is 0 Å². The molecule has 2 heteroatoms. The fourth-order valence-electron chi connectivity index (χ4n) is 8.13. The van der Waals surface area contributed by atoms with Crippen LogP contribution in [0, 0.1) is 34.5 Å². The first kappa shape index (κ1) is 14.9. The molecule has 1 saturated heterocycles. The molecule has 5 rings (SSSR count). The average Bonchev–Trinajstić information content (AvgIpc) is 2.81. The number of hydrogen-bond acceptors (Lipinski definition) is 2. The number of ketones is 1. The fourth-order valence-corrected chi connectivity index (χ4v) is 8.13. The minimum absolute atomic E-state index is 0.253. The lowest BCUT2D eigenvalue weighted by atomic mass is 9.44. The summed E-state index contributed by atoms with van der Waals surface area (Å²) in [5.41, 5.74) is 1.15. The maximum absolute atomic E-state index is 12.0. The first-order valence-corrected chi connectivity index (χ1v) is 10.1. The van der Waals surface area contributed by atoms with E-state index in [2.05, 4.69) is 13.8 Å². The van der Waals surface area contributed by atoms with Gasteiger partial charge in [0.05, 0.1) is 12.2 Å². The Kier molecular flexibility index (Phi) is 3.00. The second-order valence-corrected chi connectivity index (χ2v) is 9.99. The summed E-state index contributed by atoms with van der Waals surface area (Å²) in [5.74, 6) is 3.89. The lowest BCUT2D eigenvalue weighted by Crippen LogP contribution is -2.60. The lowest BCUT2D eigenvalue weighted by molar-refractivity contribution is -0.231. The van der Waals surface area contributed by atoms with Crippen LogP contribution in [-0.4, -0.2) is 18.0 Å². The molecule has 0 bridgehead atoms. The van der Waals surface area contributed by atoms with E-state index >= 15 is 0 Å². The number of hydrogen-bond donors (Lipinski definition) is 0. The van der Waals surface area contributed by atoms with E-state index in [0.29, 0.717) is 22.5 Å². The Morgan fingerprint density at radius 1 is 0.957 bits per heavy atom. The van der Waals surface area contributed by atoms with Gasteiger partial charge in [-0.05, 0) is 79.4 Å². The van der Waals surface area contributed by atoms with Crippen molar-refractivity contribution in [3.05, 3.63) is 0 Å². The molecular weight excluding hydrogens is 284 g/mol. The van der Waals surface area contributed by atoms with Crippen molar-refractivity contribution in [3.63, 3.8) is 0 Å². The van der Waals surface area contributed by atoms with E-state index in [1.165, 1.54) is 51.4 Å². The van der Waals surface area contributed by atoms with Gasteiger partial charge in [0.25, 0.3) is 0 Å². The average molecular weight is 316 g/mol. The van der Waals surface area contributed by atoms with Crippen LogP contribution in [0.1, 0.15) is 78.1 Å². The standard InChI is InChI=1S/C21H32O2/c1-19-8-5-15(22)13-14(19)3-4-16-17(19)6-9-20(2)18(16)7-10-21(20)11-12-23-21/h14,16-18H,3-13H2,1-2H3/t14-,16+,17+,18+,19-,20-,21+/m0/s1. The van der Waals surface area contributed by atoms with Crippen LogP contribution in [0.2, 0.25) is 0 Å². The lowest BCUT2D eigenvalue weighted by Gasteiger charge is -2.62. The Bertz CT molecular complexity index is 536. The topological polar surface area (TPSA) is 26.3 Å². The second kappa shape index (κ2) is 4.62. The highest BCUT2D eigenvalue weighted by Gasteiger charge is 2.66. The number of Topliss-reactive ketones (excluding diaryl/α,β-unsaturated/α-hetero) is 1. The molecule has 4 saturated carbocycles. The predicted molar refractivity (Wildman–Crippen MR) is 90.0 cm³/mol. The Balaban J connectivity index is 1.46. The highest BCUT2D eigenvalue weighted by molar-refractivity contribution is 5.79. The molecule has 0 amide bonds. The van der Waals surface area contributed by atoms with Crippen LogP contribution in [0.4, 0.5) is 0 Å². The van der Waals surface area contributed by atoms with Gasteiger partial charge in [0.1, 0.15) is 5.78 Å². The first-order chi connectivity index (χ1) is 11.0. The van der Waals surface area contributed by atoms with Crippen molar-refractivity contribution in [3.8, 4) is 0 Å². The number of ether oxygens (including phenoxy) is 1. The molecule has 0 radical (unpaired) electrons. The van der Waals surface area contributed by atoms with Crippen LogP contribution in [0.3, 0.4) is 0 Å². The summed E-state index contributed by atoms with van der Waals surface area (Å²) < 4.78 is 6.23. The number of carbonyl (C=O) groups excluding carboxylic acids is 1. The van der Waals surface area contributed by atoms with E-state index in [-0.39, 0.29) is 5.60 Å². The van der Waals surface area contributed by atoms with Crippen molar-refractivity contribution in [1.82, 2.24) is 0 Å². The number of carbonyl (C=O) groups is 1. The smallest absolute Gasteiger partial charge is 0.133 e. The molecule has 1 spiro atoms. The zero-order valence-electron chi connectivity index (χ0n) is 14.9. The van der Waals surface area contributed by atoms with E-state index in [4.69, 9.17) is 4.74 Å². The van der Waals surface area contributed by atoms with Crippen LogP contribution < -0.4 is 0 Å². The van der Waals surface area contributed by atoms with Gasteiger partial charge in [-0.2, -0.15) is 0 Å². The van der Waals surface area contributed by atoms with Crippen LogP contribution in [0.15, 0.2) is 0 Å². The summed E-state index contributed by atoms with van der Waals surface area (Å²) in [5, 5.41) is 0. The van der Waals surface area contributed by atoms with Gasteiger partial charge >= 0.3 is 0 Å². The van der Waals surface area contributed by atoms with Crippen LogP contribution >= 0.6 is 0 Å². The Labute approximate surface area is 140 Å². The van der Waals surface area contributed by atoms with Crippen molar-refractivity contribution in [2.75, 3.05) is 6.61 Å². The van der Waals surface area contributed by atoms with Crippen LogP contribution in [-0.2, 0) is 9.53 Å². The van der Waals surface area contributed by atoms with Crippen molar-refractivity contribution in [2.24, 2.45) is 34.5 Å². The fraction of sp³-hybridized carbons (Fsp3) is 0.952. The normalized spacial score (nSPS) is 58.3. The molecule has 0 aromatic rings.